The van der Waals surface area contributed by atoms with E-state index in [1.807, 2.05) is 109 Å². The van der Waals surface area contributed by atoms with Gasteiger partial charge < -0.3 is 9.97 Å². The second-order valence-electron chi connectivity index (χ2n) is 12.6. The first-order valence-corrected chi connectivity index (χ1v) is 18.2. The van der Waals surface area contributed by atoms with E-state index in [1.165, 1.54) is 12.1 Å². The Kier molecular flexibility index (Phi) is 7.61. The summed E-state index contributed by atoms with van der Waals surface area (Å²) in [5.41, 5.74) is 13.5. The van der Waals surface area contributed by atoms with Crippen molar-refractivity contribution in [2.45, 2.75) is 4.90 Å². The molecular formula is C44H30N4O3S. The number of hydrogen-bond donors (Lipinski definition) is 3. The molecule has 8 heteroatoms. The Labute approximate surface area is 300 Å². The van der Waals surface area contributed by atoms with Crippen molar-refractivity contribution < 1.29 is 13.0 Å². The van der Waals surface area contributed by atoms with Crippen molar-refractivity contribution >= 4 is 56.5 Å². The third-order valence-electron chi connectivity index (χ3n) is 9.32. The van der Waals surface area contributed by atoms with Crippen molar-refractivity contribution in [3.63, 3.8) is 0 Å². The molecule has 5 heterocycles. The van der Waals surface area contributed by atoms with Crippen LogP contribution in [0.4, 0.5) is 0 Å². The SMILES string of the molecule is O=S(=O)(O)c1cccc(-c2cc3cc4nc(c(-c5ccccc5)c5ccc([nH]5)c(-c5ccccc5)c5nc(c(-c6ccccc6)c2[nH]3)C=C5)C=C4)c1. The van der Waals surface area contributed by atoms with Gasteiger partial charge >= 0.3 is 0 Å². The summed E-state index contributed by atoms with van der Waals surface area (Å²) >= 11 is 0. The maximum absolute atomic E-state index is 12.3. The summed E-state index contributed by atoms with van der Waals surface area (Å²) in [5.74, 6) is 0. The lowest BCUT2D eigenvalue weighted by atomic mass is 9.99. The highest BCUT2D eigenvalue weighted by atomic mass is 32.2. The fourth-order valence-electron chi connectivity index (χ4n) is 7.00. The van der Waals surface area contributed by atoms with Gasteiger partial charge in [-0.05, 0) is 83.0 Å². The van der Waals surface area contributed by atoms with Gasteiger partial charge in [0.1, 0.15) is 0 Å². The number of fused-ring (bicyclic) bond motifs is 8. The molecule has 0 atom stereocenters. The summed E-state index contributed by atoms with van der Waals surface area (Å²) < 4.78 is 34.5. The van der Waals surface area contributed by atoms with Crippen molar-refractivity contribution in [1.29, 1.82) is 0 Å². The Balaban J connectivity index is 1.47. The quantitative estimate of drug-likeness (QED) is 0.155. The van der Waals surface area contributed by atoms with Gasteiger partial charge in [0.25, 0.3) is 10.1 Å². The summed E-state index contributed by atoms with van der Waals surface area (Å²) in [6.45, 7) is 0. The van der Waals surface area contributed by atoms with Crippen molar-refractivity contribution in [1.82, 2.24) is 19.9 Å². The van der Waals surface area contributed by atoms with Crippen molar-refractivity contribution in [2.75, 3.05) is 0 Å². The van der Waals surface area contributed by atoms with Crippen LogP contribution in [-0.4, -0.2) is 32.9 Å². The van der Waals surface area contributed by atoms with Crippen LogP contribution in [0.15, 0.2) is 144 Å². The standard InChI is InChI=1S/C44H30N4O3S/c49-52(50,51)34-18-10-17-31(25-34)35-27-33-26-32-19-20-36(45-32)41(28-11-4-1-5-12-28)37-21-22-38(47-37)42(29-13-6-2-7-14-29)39-23-24-40(48-39)43(44(35)46-33)30-15-8-3-9-16-30/h1-27,46-47H,(H,49,50,51). The molecule has 0 unspecified atom stereocenters. The van der Waals surface area contributed by atoms with Gasteiger partial charge in [-0.25, -0.2) is 9.97 Å². The Morgan fingerprint density at radius 1 is 0.481 bits per heavy atom. The van der Waals surface area contributed by atoms with E-state index in [4.69, 9.17) is 9.97 Å². The lowest BCUT2D eigenvalue weighted by Gasteiger charge is -2.08. The Morgan fingerprint density at radius 2 is 1.00 bits per heavy atom. The zero-order valence-corrected chi connectivity index (χ0v) is 28.5. The largest absolute Gasteiger partial charge is 0.354 e. The molecule has 9 rings (SSSR count). The van der Waals surface area contributed by atoms with E-state index in [1.54, 1.807) is 6.07 Å². The van der Waals surface area contributed by atoms with Crippen LogP contribution < -0.4 is 0 Å². The van der Waals surface area contributed by atoms with Gasteiger partial charge in [-0.3, -0.25) is 4.55 Å². The van der Waals surface area contributed by atoms with E-state index in [2.05, 4.69) is 46.4 Å². The van der Waals surface area contributed by atoms with E-state index < -0.39 is 10.1 Å². The lowest BCUT2D eigenvalue weighted by molar-refractivity contribution is 0.483. The molecule has 0 spiro atoms. The highest BCUT2D eigenvalue weighted by Crippen LogP contribution is 2.39. The molecule has 0 amide bonds. The summed E-state index contributed by atoms with van der Waals surface area (Å²) in [7, 11) is -4.44. The number of nitrogens with zero attached hydrogens (tertiary/aromatic N) is 2. The van der Waals surface area contributed by atoms with Crippen LogP contribution in [-0.2, 0) is 10.1 Å². The van der Waals surface area contributed by atoms with Crippen molar-refractivity contribution in [2.24, 2.45) is 0 Å². The highest BCUT2D eigenvalue weighted by molar-refractivity contribution is 7.85. The lowest BCUT2D eigenvalue weighted by Crippen LogP contribution is -1.97. The smallest absolute Gasteiger partial charge is 0.294 e. The summed E-state index contributed by atoms with van der Waals surface area (Å²) in [4.78, 5) is 17.6. The molecule has 3 aromatic heterocycles. The van der Waals surface area contributed by atoms with Crippen LogP contribution in [0.1, 0.15) is 22.8 Å². The molecule has 0 fully saturated rings. The Bertz CT molecular complexity index is 2860. The number of H-pyrrole nitrogens is 2. The van der Waals surface area contributed by atoms with Gasteiger partial charge in [0.2, 0.25) is 0 Å². The van der Waals surface area contributed by atoms with E-state index in [9.17, 15) is 13.0 Å². The van der Waals surface area contributed by atoms with Crippen LogP contribution in [0.25, 0.3) is 90.9 Å². The van der Waals surface area contributed by atoms with Gasteiger partial charge in [0.15, 0.2) is 0 Å². The number of rotatable bonds is 5. The zero-order valence-electron chi connectivity index (χ0n) is 27.7. The second-order valence-corrected chi connectivity index (χ2v) is 14.1. The first-order valence-electron chi connectivity index (χ1n) is 16.8. The molecule has 4 aromatic carbocycles. The number of nitrogens with one attached hydrogen (secondary N) is 2. The third-order valence-corrected chi connectivity index (χ3v) is 10.2. The van der Waals surface area contributed by atoms with E-state index in [0.29, 0.717) is 5.56 Å². The number of hydrogen-bond acceptors (Lipinski definition) is 4. The number of aromatic nitrogens is 4. The molecule has 0 aliphatic carbocycles. The average Bonchev–Trinajstić information content (AvgIpc) is 4.00. The van der Waals surface area contributed by atoms with Crippen LogP contribution in [0, 0.1) is 0 Å². The fraction of sp³-hybridized carbons (Fsp3) is 0. The molecular weight excluding hydrogens is 665 g/mol. The maximum atomic E-state index is 12.3. The van der Waals surface area contributed by atoms with Crippen LogP contribution in [0.5, 0.6) is 0 Å². The number of aromatic amines is 2. The van der Waals surface area contributed by atoms with Crippen molar-refractivity contribution in [3.05, 3.63) is 162 Å². The molecule has 0 radical (unpaired) electrons. The van der Waals surface area contributed by atoms with Gasteiger partial charge in [0, 0.05) is 38.8 Å². The fourth-order valence-corrected chi connectivity index (χ4v) is 7.53. The zero-order chi connectivity index (χ0) is 35.2. The van der Waals surface area contributed by atoms with Crippen LogP contribution >= 0.6 is 0 Å². The van der Waals surface area contributed by atoms with E-state index in [0.717, 1.165) is 83.8 Å². The van der Waals surface area contributed by atoms with Crippen LogP contribution in [0.2, 0.25) is 0 Å². The average molecular weight is 695 g/mol. The molecule has 52 heavy (non-hydrogen) atoms. The summed E-state index contributed by atoms with van der Waals surface area (Å²) in [5, 5.41) is 0. The Morgan fingerprint density at radius 3 is 1.60 bits per heavy atom. The predicted molar refractivity (Wildman–Crippen MR) is 210 cm³/mol. The first-order chi connectivity index (χ1) is 25.4. The minimum absolute atomic E-state index is 0.186. The minimum Gasteiger partial charge on any atom is -0.354 e. The molecule has 7 aromatic rings. The summed E-state index contributed by atoms with van der Waals surface area (Å²) in [6.07, 6.45) is 8.09. The predicted octanol–water partition coefficient (Wildman–Crippen LogP) is 10.6. The first kappa shape index (κ1) is 31.4. The van der Waals surface area contributed by atoms with E-state index in [-0.39, 0.29) is 4.90 Å². The number of benzene rings is 4. The molecule has 7 nitrogen and oxygen atoms in total. The van der Waals surface area contributed by atoms with Gasteiger partial charge in [-0.2, -0.15) is 8.42 Å². The molecule has 0 saturated carbocycles. The van der Waals surface area contributed by atoms with E-state index >= 15 is 0 Å². The van der Waals surface area contributed by atoms with Gasteiger partial charge in [-0.1, -0.05) is 103 Å². The molecule has 3 N–H and O–H groups in total. The van der Waals surface area contributed by atoms with Crippen LogP contribution in [0.3, 0.4) is 0 Å². The molecule has 2 aliphatic heterocycles. The Hall–Kier alpha value is -6.61. The molecule has 0 saturated heterocycles. The molecule has 2 aliphatic rings. The normalized spacial score (nSPS) is 12.3. The van der Waals surface area contributed by atoms with Gasteiger partial charge in [0.05, 0.1) is 33.2 Å². The molecule has 250 valence electrons. The maximum Gasteiger partial charge on any atom is 0.294 e. The summed E-state index contributed by atoms with van der Waals surface area (Å²) in [6, 6.07) is 45.0. The monoisotopic (exact) mass is 694 g/mol. The highest BCUT2D eigenvalue weighted by Gasteiger charge is 2.19. The third kappa shape index (κ3) is 5.76. The minimum atomic E-state index is -4.44. The van der Waals surface area contributed by atoms with Gasteiger partial charge in [-0.15, -0.1) is 0 Å². The second kappa shape index (κ2) is 12.6. The van der Waals surface area contributed by atoms with Crippen molar-refractivity contribution in [3.8, 4) is 44.5 Å². The topological polar surface area (TPSA) is 112 Å². The molecule has 8 bridgehead atoms.